The van der Waals surface area contributed by atoms with Crippen molar-refractivity contribution in [3.05, 3.63) is 41.3 Å². The van der Waals surface area contributed by atoms with Crippen molar-refractivity contribution in [3.8, 4) is 5.82 Å². The van der Waals surface area contributed by atoms with E-state index in [9.17, 15) is 4.79 Å². The summed E-state index contributed by atoms with van der Waals surface area (Å²) in [5.74, 6) is 1.12. The molecule has 24 heavy (non-hydrogen) atoms. The van der Waals surface area contributed by atoms with Gasteiger partial charge in [-0.1, -0.05) is 0 Å². The van der Waals surface area contributed by atoms with E-state index in [4.69, 9.17) is 4.74 Å². The molecule has 128 valence electrons. The van der Waals surface area contributed by atoms with Gasteiger partial charge >= 0.3 is 0 Å². The topological polar surface area (TPSA) is 69.0 Å². The molecular weight excluding hydrogens is 304 g/mol. The minimum Gasteiger partial charge on any atom is -0.378 e. The summed E-state index contributed by atoms with van der Waals surface area (Å²) in [6.07, 6.45) is 3.88. The van der Waals surface area contributed by atoms with Crippen LogP contribution in [0.15, 0.2) is 24.4 Å². The van der Waals surface area contributed by atoms with E-state index in [-0.39, 0.29) is 12.0 Å². The number of aromatic nitrogens is 3. The fraction of sp³-hybridized carbons (Fsp3) is 0.500. The Labute approximate surface area is 142 Å². The number of rotatable bonds is 4. The quantitative estimate of drug-likeness (QED) is 0.936. The second-order valence-corrected chi connectivity index (χ2v) is 6.53. The minimum atomic E-state index is -0.0819. The third-order valence-electron chi connectivity index (χ3n) is 4.38. The van der Waals surface area contributed by atoms with Gasteiger partial charge in [-0.25, -0.2) is 9.67 Å². The first-order chi connectivity index (χ1) is 11.5. The largest absolute Gasteiger partial charge is 0.378 e. The van der Waals surface area contributed by atoms with Crippen LogP contribution in [0.4, 0.5) is 0 Å². The summed E-state index contributed by atoms with van der Waals surface area (Å²) in [4.78, 5) is 16.7. The van der Waals surface area contributed by atoms with Gasteiger partial charge in [0.15, 0.2) is 5.82 Å². The zero-order valence-electron chi connectivity index (χ0n) is 14.5. The number of aryl methyl sites for hydroxylation is 2. The van der Waals surface area contributed by atoms with E-state index in [1.54, 1.807) is 16.9 Å². The second kappa shape index (κ2) is 7.13. The molecule has 1 amide bonds. The molecule has 3 heterocycles. The molecule has 3 rings (SSSR count). The SMILES string of the molecule is Cc1cc(C)n(-c2ccc(C(=O)NCC3CCOC(C)C3)cn2)n1. The van der Waals surface area contributed by atoms with Crippen LogP contribution in [0.2, 0.25) is 0 Å². The smallest absolute Gasteiger partial charge is 0.252 e. The maximum Gasteiger partial charge on any atom is 0.252 e. The summed E-state index contributed by atoms with van der Waals surface area (Å²) in [6, 6.07) is 5.61. The fourth-order valence-electron chi connectivity index (χ4n) is 3.12. The van der Waals surface area contributed by atoms with Crippen LogP contribution < -0.4 is 5.32 Å². The summed E-state index contributed by atoms with van der Waals surface area (Å²) < 4.78 is 7.31. The van der Waals surface area contributed by atoms with Crippen molar-refractivity contribution < 1.29 is 9.53 Å². The van der Waals surface area contributed by atoms with Gasteiger partial charge in [0.1, 0.15) is 0 Å². The summed E-state index contributed by atoms with van der Waals surface area (Å²) >= 11 is 0. The first kappa shape index (κ1) is 16.6. The Kier molecular flexibility index (Phi) is 4.94. The minimum absolute atomic E-state index is 0.0819. The van der Waals surface area contributed by atoms with Crippen LogP contribution >= 0.6 is 0 Å². The Hall–Kier alpha value is -2.21. The van der Waals surface area contributed by atoms with Crippen molar-refractivity contribution in [1.29, 1.82) is 0 Å². The van der Waals surface area contributed by atoms with Crippen LogP contribution in [0.5, 0.6) is 0 Å². The molecule has 1 aliphatic heterocycles. The first-order valence-electron chi connectivity index (χ1n) is 8.42. The van der Waals surface area contributed by atoms with Crippen LogP contribution in [-0.4, -0.2) is 39.9 Å². The lowest BCUT2D eigenvalue weighted by Gasteiger charge is -2.27. The van der Waals surface area contributed by atoms with Crippen LogP contribution in [0, 0.1) is 19.8 Å². The van der Waals surface area contributed by atoms with Crippen molar-refractivity contribution in [2.24, 2.45) is 5.92 Å². The molecule has 0 aliphatic carbocycles. The molecule has 0 saturated carbocycles. The molecule has 1 N–H and O–H groups in total. The fourth-order valence-corrected chi connectivity index (χ4v) is 3.12. The second-order valence-electron chi connectivity index (χ2n) is 6.53. The molecule has 2 atom stereocenters. The Morgan fingerprint density at radius 1 is 1.42 bits per heavy atom. The zero-order chi connectivity index (χ0) is 17.1. The standard InChI is InChI=1S/C18H24N4O2/c1-12-8-13(2)22(21-12)17-5-4-16(11-19-17)18(23)20-10-15-6-7-24-14(3)9-15/h4-5,8,11,14-15H,6-7,9-10H2,1-3H3,(H,20,23). The highest BCUT2D eigenvalue weighted by Gasteiger charge is 2.20. The molecule has 6 heteroatoms. The molecule has 1 fully saturated rings. The summed E-state index contributed by atoms with van der Waals surface area (Å²) in [6.45, 7) is 7.47. The van der Waals surface area contributed by atoms with E-state index >= 15 is 0 Å². The third kappa shape index (κ3) is 3.82. The molecule has 6 nitrogen and oxygen atoms in total. The number of carbonyl (C=O) groups is 1. The average molecular weight is 328 g/mol. The van der Waals surface area contributed by atoms with E-state index < -0.39 is 0 Å². The van der Waals surface area contributed by atoms with Crippen molar-refractivity contribution >= 4 is 5.91 Å². The van der Waals surface area contributed by atoms with E-state index in [1.165, 1.54) is 0 Å². The molecule has 1 aliphatic rings. The van der Waals surface area contributed by atoms with Gasteiger partial charge in [0.05, 0.1) is 17.4 Å². The molecule has 0 aromatic carbocycles. The van der Waals surface area contributed by atoms with E-state index in [2.05, 4.69) is 22.3 Å². The van der Waals surface area contributed by atoms with Crippen LogP contribution in [-0.2, 0) is 4.74 Å². The molecule has 2 aromatic heterocycles. The van der Waals surface area contributed by atoms with Crippen molar-refractivity contribution in [2.45, 2.75) is 39.7 Å². The number of hydrogen-bond donors (Lipinski definition) is 1. The third-order valence-corrected chi connectivity index (χ3v) is 4.38. The molecule has 2 aromatic rings. The number of nitrogens with zero attached hydrogens (tertiary/aromatic N) is 3. The Morgan fingerprint density at radius 3 is 2.88 bits per heavy atom. The molecular formula is C18H24N4O2. The first-order valence-corrected chi connectivity index (χ1v) is 8.42. The monoisotopic (exact) mass is 328 g/mol. The number of nitrogens with one attached hydrogen (secondary N) is 1. The van der Waals surface area contributed by atoms with E-state index in [1.807, 2.05) is 26.0 Å². The molecule has 0 bridgehead atoms. The summed E-state index contributed by atoms with van der Waals surface area (Å²) in [5, 5.41) is 7.41. The lowest BCUT2D eigenvalue weighted by atomic mass is 9.96. The van der Waals surface area contributed by atoms with E-state index in [0.29, 0.717) is 18.0 Å². The highest BCUT2D eigenvalue weighted by atomic mass is 16.5. The number of ether oxygens (including phenoxy) is 1. The average Bonchev–Trinajstić information content (AvgIpc) is 2.91. The highest BCUT2D eigenvalue weighted by Crippen LogP contribution is 2.19. The number of pyridine rings is 1. The van der Waals surface area contributed by atoms with Crippen LogP contribution in [0.25, 0.3) is 5.82 Å². The molecule has 0 spiro atoms. The zero-order valence-corrected chi connectivity index (χ0v) is 14.5. The number of hydrogen-bond acceptors (Lipinski definition) is 4. The van der Waals surface area contributed by atoms with Gasteiger partial charge in [-0.3, -0.25) is 4.79 Å². The van der Waals surface area contributed by atoms with Gasteiger partial charge < -0.3 is 10.1 Å². The number of carbonyl (C=O) groups excluding carboxylic acids is 1. The molecule has 1 saturated heterocycles. The lowest BCUT2D eigenvalue weighted by molar-refractivity contribution is 0.00302. The van der Waals surface area contributed by atoms with Gasteiger partial charge in [-0.2, -0.15) is 5.10 Å². The summed E-state index contributed by atoms with van der Waals surface area (Å²) in [7, 11) is 0. The van der Waals surface area contributed by atoms with Crippen LogP contribution in [0.1, 0.15) is 41.5 Å². The lowest BCUT2D eigenvalue weighted by Crippen LogP contribution is -2.34. The van der Waals surface area contributed by atoms with Crippen molar-refractivity contribution in [2.75, 3.05) is 13.2 Å². The summed E-state index contributed by atoms with van der Waals surface area (Å²) in [5.41, 5.74) is 2.54. The Balaban J connectivity index is 1.60. The van der Waals surface area contributed by atoms with Crippen molar-refractivity contribution in [3.63, 3.8) is 0 Å². The molecule has 2 unspecified atom stereocenters. The van der Waals surface area contributed by atoms with Crippen molar-refractivity contribution in [1.82, 2.24) is 20.1 Å². The Bertz CT molecular complexity index is 708. The maximum absolute atomic E-state index is 12.3. The number of amides is 1. The predicted octanol–water partition coefficient (Wildman–Crippen LogP) is 2.43. The van der Waals surface area contributed by atoms with Gasteiger partial charge in [0.25, 0.3) is 5.91 Å². The maximum atomic E-state index is 12.3. The van der Waals surface area contributed by atoms with Crippen LogP contribution in [0.3, 0.4) is 0 Å². The Morgan fingerprint density at radius 2 is 2.25 bits per heavy atom. The van der Waals surface area contributed by atoms with Gasteiger partial charge in [-0.15, -0.1) is 0 Å². The normalized spacial score (nSPS) is 20.8. The van der Waals surface area contributed by atoms with E-state index in [0.717, 1.165) is 36.7 Å². The molecule has 0 radical (unpaired) electrons. The predicted molar refractivity (Wildman–Crippen MR) is 91.3 cm³/mol. The van der Waals surface area contributed by atoms with Gasteiger partial charge in [-0.05, 0) is 57.7 Å². The van der Waals surface area contributed by atoms with Gasteiger partial charge in [0.2, 0.25) is 0 Å². The highest BCUT2D eigenvalue weighted by molar-refractivity contribution is 5.93. The van der Waals surface area contributed by atoms with Gasteiger partial charge in [0, 0.05) is 25.0 Å².